The van der Waals surface area contributed by atoms with Crippen molar-refractivity contribution in [2.45, 2.75) is 26.9 Å². The maximum absolute atomic E-state index is 5.49. The molecule has 2 N–H and O–H groups in total. The highest BCUT2D eigenvalue weighted by molar-refractivity contribution is 5.60. The molecule has 0 aliphatic carbocycles. The maximum atomic E-state index is 5.49. The summed E-state index contributed by atoms with van der Waals surface area (Å²) in [6.07, 6.45) is 3.98. The Labute approximate surface area is 94.9 Å². The number of aryl methyl sites for hydroxylation is 2. The average molecular weight is 219 g/mol. The van der Waals surface area contributed by atoms with Gasteiger partial charge in [0.2, 0.25) is 0 Å². The lowest BCUT2D eigenvalue weighted by molar-refractivity contribution is 0.627. The lowest BCUT2D eigenvalue weighted by Crippen LogP contribution is -2.10. The van der Waals surface area contributed by atoms with Crippen molar-refractivity contribution in [3.05, 3.63) is 24.2 Å². The Morgan fingerprint density at radius 3 is 2.75 bits per heavy atom. The Morgan fingerprint density at radius 2 is 2.12 bits per heavy atom. The molecule has 0 bridgehead atoms. The molecule has 0 radical (unpaired) electrons. The van der Waals surface area contributed by atoms with Gasteiger partial charge in [-0.2, -0.15) is 10.2 Å². The Kier molecular flexibility index (Phi) is 3.05. The Morgan fingerprint density at radius 1 is 1.31 bits per heavy atom. The highest BCUT2D eigenvalue weighted by Gasteiger charge is 2.09. The van der Waals surface area contributed by atoms with E-state index < -0.39 is 0 Å². The largest absolute Gasteiger partial charge is 0.329 e. The minimum atomic E-state index is 0.605. The Balaban J connectivity index is 2.30. The molecule has 0 spiro atoms. The van der Waals surface area contributed by atoms with Crippen LogP contribution in [0.3, 0.4) is 0 Å². The summed E-state index contributed by atoms with van der Waals surface area (Å²) < 4.78 is 3.78. The molecule has 2 rings (SSSR count). The molecule has 5 nitrogen and oxygen atoms in total. The second kappa shape index (κ2) is 4.49. The molecular weight excluding hydrogens is 202 g/mol. The third-order valence-electron chi connectivity index (χ3n) is 2.55. The lowest BCUT2D eigenvalue weighted by Gasteiger charge is -1.96. The molecule has 5 heteroatoms. The van der Waals surface area contributed by atoms with Crippen LogP contribution in [0.25, 0.3) is 11.3 Å². The molecule has 0 aromatic carbocycles. The van der Waals surface area contributed by atoms with Crippen molar-refractivity contribution < 1.29 is 0 Å². The second-order valence-electron chi connectivity index (χ2n) is 3.74. The topological polar surface area (TPSA) is 61.7 Å². The molecule has 0 amide bonds. The van der Waals surface area contributed by atoms with E-state index in [9.17, 15) is 0 Å². The molecule has 0 saturated heterocycles. The molecule has 2 aromatic heterocycles. The zero-order valence-corrected chi connectivity index (χ0v) is 9.72. The fraction of sp³-hybridized carbons (Fsp3) is 0.455. The third kappa shape index (κ3) is 1.99. The zero-order valence-electron chi connectivity index (χ0n) is 9.72. The molecule has 0 aliphatic heterocycles. The third-order valence-corrected chi connectivity index (χ3v) is 2.55. The van der Waals surface area contributed by atoms with Crippen molar-refractivity contribution in [2.75, 3.05) is 6.54 Å². The van der Waals surface area contributed by atoms with Crippen LogP contribution in [0.4, 0.5) is 0 Å². The molecule has 2 aromatic rings. The quantitative estimate of drug-likeness (QED) is 0.835. The molecule has 16 heavy (non-hydrogen) atoms. The van der Waals surface area contributed by atoms with Gasteiger partial charge in [0.15, 0.2) is 0 Å². The minimum absolute atomic E-state index is 0.605. The number of aromatic nitrogens is 4. The van der Waals surface area contributed by atoms with Gasteiger partial charge in [0.1, 0.15) is 0 Å². The normalized spacial score (nSPS) is 10.9. The van der Waals surface area contributed by atoms with Crippen molar-refractivity contribution in [3.8, 4) is 11.3 Å². The first-order valence-electron chi connectivity index (χ1n) is 5.52. The first-order chi connectivity index (χ1) is 7.74. The van der Waals surface area contributed by atoms with Gasteiger partial charge in [0.05, 0.1) is 17.9 Å². The summed E-state index contributed by atoms with van der Waals surface area (Å²) in [5, 5.41) is 8.87. The smallest absolute Gasteiger partial charge is 0.0957 e. The first kappa shape index (κ1) is 10.9. The van der Waals surface area contributed by atoms with Crippen molar-refractivity contribution in [3.63, 3.8) is 0 Å². The van der Waals surface area contributed by atoms with Crippen LogP contribution >= 0.6 is 0 Å². The fourth-order valence-corrected chi connectivity index (χ4v) is 1.69. The van der Waals surface area contributed by atoms with Crippen LogP contribution in [-0.4, -0.2) is 26.1 Å². The number of nitrogens with two attached hydrogens (primary N) is 1. The van der Waals surface area contributed by atoms with Gasteiger partial charge < -0.3 is 5.73 Å². The number of hydrogen-bond donors (Lipinski definition) is 1. The van der Waals surface area contributed by atoms with Gasteiger partial charge in [-0.15, -0.1) is 0 Å². The van der Waals surface area contributed by atoms with E-state index in [1.54, 1.807) is 0 Å². The van der Waals surface area contributed by atoms with Crippen molar-refractivity contribution >= 4 is 0 Å². The highest BCUT2D eigenvalue weighted by atomic mass is 15.3. The number of rotatable bonds is 4. The van der Waals surface area contributed by atoms with Crippen molar-refractivity contribution in [2.24, 2.45) is 5.73 Å². The molecule has 0 unspecified atom stereocenters. The van der Waals surface area contributed by atoms with E-state index in [2.05, 4.69) is 17.1 Å². The zero-order chi connectivity index (χ0) is 11.5. The van der Waals surface area contributed by atoms with Crippen LogP contribution < -0.4 is 5.73 Å². The number of hydrogen-bond acceptors (Lipinski definition) is 3. The van der Waals surface area contributed by atoms with Crippen molar-refractivity contribution in [1.29, 1.82) is 0 Å². The fourth-order valence-electron chi connectivity index (χ4n) is 1.69. The summed E-state index contributed by atoms with van der Waals surface area (Å²) >= 11 is 0. The van der Waals surface area contributed by atoms with Gasteiger partial charge in [0, 0.05) is 31.0 Å². The highest BCUT2D eigenvalue weighted by Crippen LogP contribution is 2.20. The molecule has 0 saturated carbocycles. The van der Waals surface area contributed by atoms with E-state index in [-0.39, 0.29) is 0 Å². The predicted molar refractivity (Wildman–Crippen MR) is 62.9 cm³/mol. The van der Waals surface area contributed by atoms with E-state index in [4.69, 9.17) is 5.73 Å². The number of nitrogens with zero attached hydrogens (tertiary/aromatic N) is 4. The van der Waals surface area contributed by atoms with Gasteiger partial charge in [-0.05, 0) is 19.9 Å². The summed E-state index contributed by atoms with van der Waals surface area (Å²) in [6.45, 7) is 6.31. The van der Waals surface area contributed by atoms with E-state index in [0.717, 1.165) is 30.0 Å². The van der Waals surface area contributed by atoms with E-state index in [1.807, 2.05) is 34.7 Å². The molecular formula is C11H17N5. The van der Waals surface area contributed by atoms with Crippen LogP contribution in [0, 0.1) is 6.92 Å². The van der Waals surface area contributed by atoms with E-state index in [1.165, 1.54) is 0 Å². The molecule has 0 fully saturated rings. The molecule has 86 valence electrons. The van der Waals surface area contributed by atoms with Crippen LogP contribution in [0.15, 0.2) is 18.5 Å². The summed E-state index contributed by atoms with van der Waals surface area (Å²) in [6, 6.07) is 2.00. The molecule has 0 aliphatic rings. The van der Waals surface area contributed by atoms with Crippen molar-refractivity contribution in [1.82, 2.24) is 19.6 Å². The average Bonchev–Trinajstić information content (AvgIpc) is 2.85. The SMILES string of the molecule is CCn1cc(-c2ccn(CCN)n2)c(C)n1. The standard InChI is InChI=1S/C11H17N5/c1-3-15-8-10(9(2)13-15)11-4-6-16(14-11)7-5-12/h4,6,8H,3,5,7,12H2,1-2H3. The molecule has 0 atom stereocenters. The van der Waals surface area contributed by atoms with Crippen LogP contribution in [0.5, 0.6) is 0 Å². The van der Waals surface area contributed by atoms with Crippen LogP contribution in [-0.2, 0) is 13.1 Å². The summed E-state index contributed by atoms with van der Waals surface area (Å²) in [5.41, 5.74) is 8.56. The first-order valence-corrected chi connectivity index (χ1v) is 5.52. The maximum Gasteiger partial charge on any atom is 0.0957 e. The van der Waals surface area contributed by atoms with Crippen LogP contribution in [0.1, 0.15) is 12.6 Å². The summed E-state index contributed by atoms with van der Waals surface area (Å²) in [7, 11) is 0. The van der Waals surface area contributed by atoms with E-state index in [0.29, 0.717) is 6.54 Å². The van der Waals surface area contributed by atoms with Gasteiger partial charge in [-0.1, -0.05) is 0 Å². The predicted octanol–water partition coefficient (Wildman–Crippen LogP) is 1.03. The van der Waals surface area contributed by atoms with E-state index >= 15 is 0 Å². The second-order valence-corrected chi connectivity index (χ2v) is 3.74. The van der Waals surface area contributed by atoms with Crippen LogP contribution in [0.2, 0.25) is 0 Å². The van der Waals surface area contributed by atoms with Gasteiger partial charge in [0.25, 0.3) is 0 Å². The summed E-state index contributed by atoms with van der Waals surface area (Å²) in [5.74, 6) is 0. The minimum Gasteiger partial charge on any atom is -0.329 e. The lowest BCUT2D eigenvalue weighted by atomic mass is 10.2. The van der Waals surface area contributed by atoms with Gasteiger partial charge >= 0.3 is 0 Å². The Hall–Kier alpha value is -1.62. The monoisotopic (exact) mass is 219 g/mol. The van der Waals surface area contributed by atoms with Gasteiger partial charge in [-0.25, -0.2) is 0 Å². The van der Waals surface area contributed by atoms with Gasteiger partial charge in [-0.3, -0.25) is 9.36 Å². The summed E-state index contributed by atoms with van der Waals surface area (Å²) in [4.78, 5) is 0. The Bertz CT molecular complexity index is 468. The molecule has 2 heterocycles.